The zero-order valence-electron chi connectivity index (χ0n) is 14.2. The highest BCUT2D eigenvalue weighted by Crippen LogP contribution is 2.20. The molecule has 0 fully saturated rings. The van der Waals surface area contributed by atoms with E-state index in [1.165, 1.54) is 0 Å². The van der Waals surface area contributed by atoms with E-state index in [-0.39, 0.29) is 11.9 Å². The number of hydrogen-bond donors (Lipinski definition) is 1. The molecule has 25 heavy (non-hydrogen) atoms. The van der Waals surface area contributed by atoms with Crippen LogP contribution in [0.5, 0.6) is 0 Å². The van der Waals surface area contributed by atoms with Gasteiger partial charge in [0, 0.05) is 36.5 Å². The summed E-state index contributed by atoms with van der Waals surface area (Å²) in [6.45, 7) is 2.03. The molecule has 1 aromatic carbocycles. The van der Waals surface area contributed by atoms with Crippen LogP contribution in [0, 0.1) is 0 Å². The summed E-state index contributed by atoms with van der Waals surface area (Å²) in [6.07, 6.45) is 6.27. The lowest BCUT2D eigenvalue weighted by atomic mass is 10.1. The Bertz CT molecular complexity index is 1030. The Balaban J connectivity index is 1.64. The van der Waals surface area contributed by atoms with E-state index in [0.717, 1.165) is 23.0 Å². The Hall–Kier alpha value is -3.15. The summed E-state index contributed by atoms with van der Waals surface area (Å²) < 4.78 is 3.78. The second-order valence-corrected chi connectivity index (χ2v) is 6.07. The third kappa shape index (κ3) is 2.65. The highest BCUT2D eigenvalue weighted by Gasteiger charge is 2.20. The topological polar surface area (TPSA) is 64.2 Å². The molecule has 6 nitrogen and oxygen atoms in total. The minimum absolute atomic E-state index is 0.101. The summed E-state index contributed by atoms with van der Waals surface area (Å²) in [6, 6.07) is 11.6. The monoisotopic (exact) mass is 333 g/mol. The molecular formula is C19H19N5O. The molecule has 0 radical (unpaired) electrons. The number of aromatic nitrogens is 4. The first kappa shape index (κ1) is 15.4. The Morgan fingerprint density at radius 1 is 1.28 bits per heavy atom. The van der Waals surface area contributed by atoms with Gasteiger partial charge in [-0.15, -0.1) is 0 Å². The quantitative estimate of drug-likeness (QED) is 0.624. The van der Waals surface area contributed by atoms with Crippen molar-refractivity contribution in [2.24, 2.45) is 7.05 Å². The predicted octanol–water partition coefficient (Wildman–Crippen LogP) is 3.10. The lowest BCUT2D eigenvalue weighted by molar-refractivity contribution is 0.0927. The average Bonchev–Trinajstić information content (AvgIpc) is 3.21. The van der Waals surface area contributed by atoms with Gasteiger partial charge < -0.3 is 9.88 Å². The minimum atomic E-state index is -0.160. The van der Waals surface area contributed by atoms with Gasteiger partial charge in [-0.1, -0.05) is 25.1 Å². The number of carbonyl (C=O) groups is 1. The first-order valence-corrected chi connectivity index (χ1v) is 8.32. The van der Waals surface area contributed by atoms with Gasteiger partial charge >= 0.3 is 0 Å². The zero-order chi connectivity index (χ0) is 17.4. The van der Waals surface area contributed by atoms with Crippen molar-refractivity contribution in [2.45, 2.75) is 19.4 Å². The van der Waals surface area contributed by atoms with Gasteiger partial charge in [0.25, 0.3) is 5.91 Å². The summed E-state index contributed by atoms with van der Waals surface area (Å²) in [5.74, 6) is 0.533. The summed E-state index contributed by atoms with van der Waals surface area (Å²) in [5.41, 5.74) is 2.49. The number of amides is 1. The Labute approximate surface area is 145 Å². The normalized spacial score (nSPS) is 12.6. The summed E-state index contributed by atoms with van der Waals surface area (Å²) >= 11 is 0. The molecular weight excluding hydrogens is 314 g/mol. The molecule has 0 saturated heterocycles. The standard InChI is InChI=1S/C19H19N5O/c1-3-14(15-12-24-10-6-9-20-19(24)22-15)21-18(25)17-11-13-7-4-5-8-16(13)23(17)2/h4-12,14H,3H2,1-2H3,(H,21,25). The average molecular weight is 333 g/mol. The molecule has 3 heterocycles. The first-order valence-electron chi connectivity index (χ1n) is 8.32. The van der Waals surface area contributed by atoms with Crippen LogP contribution < -0.4 is 5.32 Å². The van der Waals surface area contributed by atoms with Crippen LogP contribution in [0.3, 0.4) is 0 Å². The van der Waals surface area contributed by atoms with Gasteiger partial charge in [-0.3, -0.25) is 9.20 Å². The molecule has 1 amide bonds. The van der Waals surface area contributed by atoms with E-state index in [1.54, 1.807) is 6.20 Å². The van der Waals surface area contributed by atoms with Crippen molar-refractivity contribution in [3.05, 3.63) is 66.4 Å². The SMILES string of the molecule is CCC(NC(=O)c1cc2ccccc2n1C)c1cn2cccnc2n1. The fourth-order valence-electron chi connectivity index (χ4n) is 3.14. The maximum Gasteiger partial charge on any atom is 0.268 e. The molecule has 0 aliphatic rings. The number of fused-ring (bicyclic) bond motifs is 2. The molecule has 0 aliphatic heterocycles. The van der Waals surface area contributed by atoms with Gasteiger partial charge in [0.1, 0.15) is 5.69 Å². The van der Waals surface area contributed by atoms with Gasteiger partial charge in [-0.25, -0.2) is 9.97 Å². The number of aryl methyl sites for hydroxylation is 1. The van der Waals surface area contributed by atoms with Gasteiger partial charge in [0.2, 0.25) is 5.78 Å². The van der Waals surface area contributed by atoms with Gasteiger partial charge in [-0.2, -0.15) is 0 Å². The van der Waals surface area contributed by atoms with Crippen LogP contribution in [-0.4, -0.2) is 24.8 Å². The molecule has 6 heteroatoms. The van der Waals surface area contributed by atoms with E-state index in [1.807, 2.05) is 71.7 Å². The smallest absolute Gasteiger partial charge is 0.268 e. The summed E-state index contributed by atoms with van der Waals surface area (Å²) in [4.78, 5) is 21.6. The highest BCUT2D eigenvalue weighted by atomic mass is 16.2. The largest absolute Gasteiger partial charge is 0.342 e. The van der Waals surface area contributed by atoms with Crippen LogP contribution in [0.4, 0.5) is 0 Å². The third-order valence-corrected chi connectivity index (χ3v) is 4.51. The van der Waals surface area contributed by atoms with Crippen LogP contribution >= 0.6 is 0 Å². The van der Waals surface area contributed by atoms with Gasteiger partial charge in [0.05, 0.1) is 11.7 Å². The highest BCUT2D eigenvalue weighted by molar-refractivity contribution is 5.98. The fourth-order valence-corrected chi connectivity index (χ4v) is 3.14. The fraction of sp³-hybridized carbons (Fsp3) is 0.211. The molecule has 1 N–H and O–H groups in total. The summed E-state index contributed by atoms with van der Waals surface area (Å²) in [5, 5.41) is 4.15. The van der Waals surface area contributed by atoms with Crippen molar-refractivity contribution in [1.29, 1.82) is 0 Å². The number of nitrogens with one attached hydrogen (secondary N) is 1. The maximum atomic E-state index is 12.8. The lowest BCUT2D eigenvalue weighted by Crippen LogP contribution is -2.29. The first-order chi connectivity index (χ1) is 12.2. The zero-order valence-corrected chi connectivity index (χ0v) is 14.2. The number of benzene rings is 1. The van der Waals surface area contributed by atoms with Crippen LogP contribution in [0.15, 0.2) is 55.0 Å². The second-order valence-electron chi connectivity index (χ2n) is 6.07. The Morgan fingerprint density at radius 2 is 2.12 bits per heavy atom. The Morgan fingerprint density at radius 3 is 2.88 bits per heavy atom. The second kappa shape index (κ2) is 6.05. The minimum Gasteiger partial charge on any atom is -0.342 e. The lowest BCUT2D eigenvalue weighted by Gasteiger charge is -2.15. The third-order valence-electron chi connectivity index (χ3n) is 4.51. The molecule has 0 saturated carbocycles. The van der Waals surface area contributed by atoms with Crippen LogP contribution in [0.2, 0.25) is 0 Å². The molecule has 126 valence electrons. The maximum absolute atomic E-state index is 12.8. The number of para-hydroxylation sites is 1. The molecule has 1 atom stereocenters. The van der Waals surface area contributed by atoms with E-state index < -0.39 is 0 Å². The number of nitrogens with zero attached hydrogens (tertiary/aromatic N) is 4. The predicted molar refractivity (Wildman–Crippen MR) is 96.4 cm³/mol. The Kier molecular flexibility index (Phi) is 3.72. The molecule has 4 rings (SSSR count). The summed E-state index contributed by atoms with van der Waals surface area (Å²) in [7, 11) is 1.91. The van der Waals surface area contributed by atoms with E-state index in [9.17, 15) is 4.79 Å². The number of rotatable bonds is 4. The van der Waals surface area contributed by atoms with E-state index >= 15 is 0 Å². The molecule has 1 unspecified atom stereocenters. The molecule has 0 spiro atoms. The van der Waals surface area contributed by atoms with Crippen LogP contribution in [0.25, 0.3) is 16.7 Å². The van der Waals surface area contributed by atoms with E-state index in [0.29, 0.717) is 11.5 Å². The van der Waals surface area contributed by atoms with Crippen molar-refractivity contribution in [3.8, 4) is 0 Å². The van der Waals surface area contributed by atoms with Crippen molar-refractivity contribution in [3.63, 3.8) is 0 Å². The van der Waals surface area contributed by atoms with Gasteiger partial charge in [0.15, 0.2) is 0 Å². The van der Waals surface area contributed by atoms with E-state index in [4.69, 9.17) is 0 Å². The molecule has 0 bridgehead atoms. The van der Waals surface area contributed by atoms with Crippen molar-refractivity contribution in [2.75, 3.05) is 0 Å². The van der Waals surface area contributed by atoms with Crippen LogP contribution in [-0.2, 0) is 7.05 Å². The van der Waals surface area contributed by atoms with Crippen molar-refractivity contribution in [1.82, 2.24) is 24.3 Å². The van der Waals surface area contributed by atoms with E-state index in [2.05, 4.69) is 15.3 Å². The number of hydrogen-bond acceptors (Lipinski definition) is 3. The van der Waals surface area contributed by atoms with Gasteiger partial charge in [-0.05, 0) is 24.6 Å². The van der Waals surface area contributed by atoms with Crippen LogP contribution in [0.1, 0.15) is 35.6 Å². The number of carbonyl (C=O) groups excluding carboxylic acids is 1. The molecule has 4 aromatic rings. The van der Waals surface area contributed by atoms with Crippen molar-refractivity contribution < 1.29 is 4.79 Å². The molecule has 0 aliphatic carbocycles. The van der Waals surface area contributed by atoms with Crippen molar-refractivity contribution >= 4 is 22.6 Å². The number of imidazole rings is 1. The molecule has 3 aromatic heterocycles.